The molecule has 0 saturated heterocycles. The van der Waals surface area contributed by atoms with E-state index in [0.717, 1.165) is 15.8 Å². The topological polar surface area (TPSA) is 79.4 Å². The number of aryl methyl sites for hydroxylation is 1. The number of hydrogen-bond acceptors (Lipinski definition) is 5. The minimum Gasteiger partial charge on any atom is -0.298 e. The van der Waals surface area contributed by atoms with Crippen LogP contribution >= 0.6 is 22.9 Å². The van der Waals surface area contributed by atoms with Crippen LogP contribution < -0.4 is 5.32 Å². The van der Waals surface area contributed by atoms with Crippen LogP contribution in [-0.2, 0) is 10.0 Å². The van der Waals surface area contributed by atoms with Crippen LogP contribution in [0.4, 0.5) is 5.13 Å². The number of carbonyl (C=O) groups excluding carboxylic acids is 1. The van der Waals surface area contributed by atoms with Gasteiger partial charge in [0.05, 0.1) is 25.7 Å². The van der Waals surface area contributed by atoms with Gasteiger partial charge in [0, 0.05) is 13.1 Å². The number of anilines is 1. The summed E-state index contributed by atoms with van der Waals surface area (Å²) in [6.07, 6.45) is 0. The lowest BCUT2D eigenvalue weighted by molar-refractivity contribution is 0.102. The van der Waals surface area contributed by atoms with Crippen molar-refractivity contribution in [1.29, 1.82) is 0 Å². The number of nitrogens with zero attached hydrogens (tertiary/aromatic N) is 2. The normalized spacial score (nSPS) is 11.9. The molecule has 2 aromatic carbocycles. The third-order valence-corrected chi connectivity index (χ3v) is 7.60. The molecule has 0 spiro atoms. The number of amides is 1. The van der Waals surface area contributed by atoms with E-state index < -0.39 is 15.9 Å². The predicted octanol–water partition coefficient (Wildman–Crippen LogP) is 4.54. The van der Waals surface area contributed by atoms with Crippen LogP contribution in [0.15, 0.2) is 41.3 Å². The SMILES string of the molecule is CCN(CC)S(=O)(=O)c1ccc(Cl)c(C(=O)Nc2nc3ccc(C)cc3s2)c1. The van der Waals surface area contributed by atoms with Crippen LogP contribution in [0.2, 0.25) is 5.02 Å². The summed E-state index contributed by atoms with van der Waals surface area (Å²) in [6, 6.07) is 9.98. The number of benzene rings is 2. The number of sulfonamides is 1. The second-order valence-electron chi connectivity index (χ2n) is 6.18. The molecule has 1 heterocycles. The van der Waals surface area contributed by atoms with Gasteiger partial charge in [-0.2, -0.15) is 4.31 Å². The summed E-state index contributed by atoms with van der Waals surface area (Å²) in [5.74, 6) is -0.502. The Balaban J connectivity index is 1.92. The number of fused-ring (bicyclic) bond motifs is 1. The van der Waals surface area contributed by atoms with Gasteiger partial charge in [0.25, 0.3) is 5.91 Å². The van der Waals surface area contributed by atoms with Crippen molar-refractivity contribution in [3.05, 3.63) is 52.5 Å². The fraction of sp³-hybridized carbons (Fsp3) is 0.263. The fourth-order valence-electron chi connectivity index (χ4n) is 2.80. The Bertz CT molecular complexity index is 1140. The van der Waals surface area contributed by atoms with Crippen molar-refractivity contribution in [2.75, 3.05) is 18.4 Å². The van der Waals surface area contributed by atoms with Gasteiger partial charge in [-0.1, -0.05) is 42.9 Å². The summed E-state index contributed by atoms with van der Waals surface area (Å²) in [5.41, 5.74) is 1.98. The fourth-order valence-corrected chi connectivity index (χ4v) is 5.45. The molecule has 0 atom stereocenters. The van der Waals surface area contributed by atoms with Crippen molar-refractivity contribution >= 4 is 54.2 Å². The highest BCUT2D eigenvalue weighted by atomic mass is 35.5. The molecule has 0 aliphatic carbocycles. The van der Waals surface area contributed by atoms with E-state index in [9.17, 15) is 13.2 Å². The molecule has 1 amide bonds. The average Bonchev–Trinajstić information content (AvgIpc) is 3.03. The minimum absolute atomic E-state index is 0.0330. The van der Waals surface area contributed by atoms with Crippen molar-refractivity contribution in [1.82, 2.24) is 9.29 Å². The van der Waals surface area contributed by atoms with Gasteiger partial charge in [-0.25, -0.2) is 13.4 Å². The van der Waals surface area contributed by atoms with E-state index >= 15 is 0 Å². The molecule has 28 heavy (non-hydrogen) atoms. The maximum Gasteiger partial charge on any atom is 0.259 e. The Kier molecular flexibility index (Phi) is 6.04. The van der Waals surface area contributed by atoms with E-state index in [1.54, 1.807) is 13.8 Å². The Morgan fingerprint density at radius 1 is 1.18 bits per heavy atom. The first-order valence-corrected chi connectivity index (χ1v) is 11.4. The van der Waals surface area contributed by atoms with Crippen molar-refractivity contribution in [2.45, 2.75) is 25.7 Å². The van der Waals surface area contributed by atoms with Crippen molar-refractivity contribution in [3.8, 4) is 0 Å². The van der Waals surface area contributed by atoms with Crippen LogP contribution in [0.5, 0.6) is 0 Å². The van der Waals surface area contributed by atoms with Gasteiger partial charge in [-0.05, 0) is 42.8 Å². The monoisotopic (exact) mass is 437 g/mol. The highest BCUT2D eigenvalue weighted by molar-refractivity contribution is 7.89. The Morgan fingerprint density at radius 2 is 1.89 bits per heavy atom. The maximum atomic E-state index is 12.7. The van der Waals surface area contributed by atoms with Gasteiger partial charge in [0.2, 0.25) is 10.0 Å². The molecule has 9 heteroatoms. The van der Waals surface area contributed by atoms with Crippen LogP contribution in [0.25, 0.3) is 10.2 Å². The van der Waals surface area contributed by atoms with Gasteiger partial charge >= 0.3 is 0 Å². The van der Waals surface area contributed by atoms with E-state index in [1.165, 1.54) is 33.8 Å². The number of hydrogen-bond donors (Lipinski definition) is 1. The molecule has 0 radical (unpaired) electrons. The second-order valence-corrected chi connectivity index (χ2v) is 9.55. The zero-order chi connectivity index (χ0) is 20.5. The Hall–Kier alpha value is -2.00. The van der Waals surface area contributed by atoms with Gasteiger partial charge < -0.3 is 0 Å². The Labute approximate surface area is 173 Å². The molecule has 0 bridgehead atoms. The number of nitrogens with one attached hydrogen (secondary N) is 1. The highest BCUT2D eigenvalue weighted by Crippen LogP contribution is 2.28. The molecular weight excluding hydrogens is 418 g/mol. The van der Waals surface area contributed by atoms with Crippen molar-refractivity contribution < 1.29 is 13.2 Å². The number of thiazole rings is 1. The van der Waals surface area contributed by atoms with Gasteiger partial charge in [0.15, 0.2) is 5.13 Å². The lowest BCUT2D eigenvalue weighted by Crippen LogP contribution is -2.30. The van der Waals surface area contributed by atoms with Crippen molar-refractivity contribution in [2.24, 2.45) is 0 Å². The first-order chi connectivity index (χ1) is 13.3. The van der Waals surface area contributed by atoms with Gasteiger partial charge in [-0.15, -0.1) is 0 Å². The zero-order valence-corrected chi connectivity index (χ0v) is 18.1. The third kappa shape index (κ3) is 4.05. The molecule has 1 N–H and O–H groups in total. The van der Waals surface area contributed by atoms with Gasteiger partial charge in [0.1, 0.15) is 0 Å². The lowest BCUT2D eigenvalue weighted by Gasteiger charge is -2.19. The number of halogens is 1. The minimum atomic E-state index is -3.69. The molecule has 3 rings (SSSR count). The van der Waals surface area contributed by atoms with E-state index in [1.807, 2.05) is 25.1 Å². The summed E-state index contributed by atoms with van der Waals surface area (Å²) < 4.78 is 27.7. The Morgan fingerprint density at radius 3 is 2.57 bits per heavy atom. The third-order valence-electron chi connectivity index (χ3n) is 4.29. The number of aromatic nitrogens is 1. The summed E-state index contributed by atoms with van der Waals surface area (Å²) in [6.45, 7) is 6.19. The van der Waals surface area contributed by atoms with Crippen LogP contribution in [-0.4, -0.2) is 36.7 Å². The summed E-state index contributed by atoms with van der Waals surface area (Å²) in [5, 5.41) is 3.32. The largest absolute Gasteiger partial charge is 0.298 e. The van der Waals surface area contributed by atoms with E-state index in [-0.39, 0.29) is 15.5 Å². The quantitative estimate of drug-likeness (QED) is 0.613. The van der Waals surface area contributed by atoms with Gasteiger partial charge in [-0.3, -0.25) is 10.1 Å². The molecule has 0 aliphatic heterocycles. The summed E-state index contributed by atoms with van der Waals surface area (Å²) in [7, 11) is -3.69. The van der Waals surface area contributed by atoms with E-state index in [0.29, 0.717) is 18.2 Å². The lowest BCUT2D eigenvalue weighted by atomic mass is 10.2. The van der Waals surface area contributed by atoms with Crippen LogP contribution in [0, 0.1) is 6.92 Å². The molecule has 1 aromatic heterocycles. The molecule has 0 saturated carbocycles. The smallest absolute Gasteiger partial charge is 0.259 e. The first kappa shape index (κ1) is 20.7. The highest BCUT2D eigenvalue weighted by Gasteiger charge is 2.24. The molecular formula is C19H20ClN3O3S2. The molecule has 148 valence electrons. The molecule has 0 fully saturated rings. The number of rotatable bonds is 6. The molecule has 6 nitrogen and oxygen atoms in total. The standard InChI is InChI=1S/C19H20ClN3O3S2/c1-4-23(5-2)28(25,26)13-7-8-15(20)14(11-13)18(24)22-19-21-16-9-6-12(3)10-17(16)27-19/h6-11H,4-5H2,1-3H3,(H,21,22,24). The molecule has 0 aliphatic rings. The molecule has 3 aromatic rings. The summed E-state index contributed by atoms with van der Waals surface area (Å²) >= 11 is 7.52. The van der Waals surface area contributed by atoms with Crippen LogP contribution in [0.3, 0.4) is 0 Å². The predicted molar refractivity (Wildman–Crippen MR) is 114 cm³/mol. The maximum absolute atomic E-state index is 12.7. The van der Waals surface area contributed by atoms with Crippen LogP contribution in [0.1, 0.15) is 29.8 Å². The summed E-state index contributed by atoms with van der Waals surface area (Å²) in [4.78, 5) is 17.2. The first-order valence-electron chi connectivity index (χ1n) is 8.74. The number of carbonyl (C=O) groups is 1. The van der Waals surface area contributed by atoms with E-state index in [2.05, 4.69) is 10.3 Å². The second kappa shape index (κ2) is 8.16. The zero-order valence-electron chi connectivity index (χ0n) is 15.7. The van der Waals surface area contributed by atoms with E-state index in [4.69, 9.17) is 11.6 Å². The average molecular weight is 438 g/mol. The molecule has 0 unspecified atom stereocenters. The van der Waals surface area contributed by atoms with Crippen molar-refractivity contribution in [3.63, 3.8) is 0 Å².